The molecule has 0 saturated heterocycles. The van der Waals surface area contributed by atoms with Crippen molar-refractivity contribution in [3.63, 3.8) is 0 Å². The van der Waals surface area contributed by atoms with Gasteiger partial charge in [0.25, 0.3) is 0 Å². The van der Waals surface area contributed by atoms with Gasteiger partial charge in [-0.05, 0) is 27.7 Å². The number of rotatable bonds is 2. The maximum Gasteiger partial charge on any atom is 0.343 e. The van der Waals surface area contributed by atoms with Gasteiger partial charge < -0.3 is 4.74 Å². The van der Waals surface area contributed by atoms with Gasteiger partial charge in [0, 0.05) is 0 Å². The zero-order valence-electron chi connectivity index (χ0n) is 6.77. The second kappa shape index (κ2) is 2.99. The van der Waals surface area contributed by atoms with E-state index in [1.807, 2.05) is 0 Å². The van der Waals surface area contributed by atoms with E-state index < -0.39 is 11.6 Å². The molecule has 0 amide bonds. The van der Waals surface area contributed by atoms with Crippen LogP contribution in [-0.2, 0) is 9.53 Å². The molecule has 0 atom stereocenters. The smallest absolute Gasteiger partial charge is 0.343 e. The van der Waals surface area contributed by atoms with E-state index in [1.54, 1.807) is 13.8 Å². The van der Waals surface area contributed by atoms with Crippen LogP contribution in [0.3, 0.4) is 0 Å². The molecule has 0 aliphatic rings. The highest BCUT2D eigenvalue weighted by Gasteiger charge is 2.28. The van der Waals surface area contributed by atoms with Crippen LogP contribution in [0.15, 0.2) is 0 Å². The number of halogens is 1. The van der Waals surface area contributed by atoms with Gasteiger partial charge in [-0.1, -0.05) is 0 Å². The average Bonchev–Trinajstić information content (AvgIpc) is 1.60. The predicted octanol–water partition coefficient (Wildman–Crippen LogP) is 1.69. The lowest BCUT2D eigenvalue weighted by Crippen LogP contribution is -2.30. The van der Waals surface area contributed by atoms with Crippen LogP contribution in [0.1, 0.15) is 27.7 Å². The third-order valence-electron chi connectivity index (χ3n) is 0.828. The number of carbonyl (C=O) groups is 1. The molecular formula is C7H13FO2. The second-order valence-corrected chi connectivity index (χ2v) is 2.93. The first-order chi connectivity index (χ1) is 4.34. The molecule has 0 spiro atoms. The number of hydrogen-bond acceptors (Lipinski definition) is 2. The molecule has 0 aromatic heterocycles. The van der Waals surface area contributed by atoms with Crippen molar-refractivity contribution in [2.45, 2.75) is 39.5 Å². The van der Waals surface area contributed by atoms with E-state index in [0.717, 1.165) is 0 Å². The summed E-state index contributed by atoms with van der Waals surface area (Å²) >= 11 is 0. The van der Waals surface area contributed by atoms with E-state index in [0.29, 0.717) is 0 Å². The van der Waals surface area contributed by atoms with E-state index in [2.05, 4.69) is 4.74 Å². The molecule has 0 aromatic carbocycles. The van der Waals surface area contributed by atoms with Gasteiger partial charge in [-0.2, -0.15) is 0 Å². The Morgan fingerprint density at radius 3 is 2.00 bits per heavy atom. The van der Waals surface area contributed by atoms with E-state index in [1.165, 1.54) is 13.8 Å². The largest absolute Gasteiger partial charge is 0.461 e. The van der Waals surface area contributed by atoms with Crippen LogP contribution in [0.2, 0.25) is 0 Å². The topological polar surface area (TPSA) is 26.3 Å². The quantitative estimate of drug-likeness (QED) is 0.557. The van der Waals surface area contributed by atoms with Gasteiger partial charge in [0.15, 0.2) is 0 Å². The molecule has 0 aromatic rings. The van der Waals surface area contributed by atoms with Crippen LogP contribution in [0.25, 0.3) is 0 Å². The van der Waals surface area contributed by atoms with E-state index in [4.69, 9.17) is 0 Å². The number of ether oxygens (including phenoxy) is 1. The summed E-state index contributed by atoms with van der Waals surface area (Å²) in [5, 5.41) is 0. The molecule has 0 fully saturated rings. The lowest BCUT2D eigenvalue weighted by Gasteiger charge is -2.14. The molecule has 60 valence electrons. The third kappa shape index (κ3) is 3.43. The molecule has 0 radical (unpaired) electrons. The first-order valence-corrected chi connectivity index (χ1v) is 3.24. The lowest BCUT2D eigenvalue weighted by molar-refractivity contribution is -0.159. The van der Waals surface area contributed by atoms with Crippen LogP contribution in [0.5, 0.6) is 0 Å². The minimum absolute atomic E-state index is 0.248. The van der Waals surface area contributed by atoms with E-state index in [9.17, 15) is 9.18 Å². The molecule has 10 heavy (non-hydrogen) atoms. The molecule has 0 bridgehead atoms. The molecular weight excluding hydrogens is 135 g/mol. The fourth-order valence-electron chi connectivity index (χ4n) is 0.354. The Hall–Kier alpha value is -0.600. The summed E-state index contributed by atoms with van der Waals surface area (Å²) in [6.07, 6.45) is -0.248. The van der Waals surface area contributed by atoms with Gasteiger partial charge in [-0.25, -0.2) is 9.18 Å². The number of alkyl halides is 1. The maximum absolute atomic E-state index is 12.7. The van der Waals surface area contributed by atoms with Gasteiger partial charge in [0.05, 0.1) is 6.10 Å². The SMILES string of the molecule is CC(C)OC(=O)C(C)(C)F. The van der Waals surface area contributed by atoms with Crippen molar-refractivity contribution >= 4 is 5.97 Å². The summed E-state index contributed by atoms with van der Waals surface area (Å²) in [4.78, 5) is 10.7. The summed E-state index contributed by atoms with van der Waals surface area (Å²) in [5.41, 5.74) is -1.87. The minimum Gasteiger partial charge on any atom is -0.461 e. The standard InChI is InChI=1S/C7H13FO2/c1-5(2)10-6(9)7(3,4)8/h5H,1-4H3. The normalized spacial score (nSPS) is 11.8. The molecule has 0 saturated carbocycles. The average molecular weight is 148 g/mol. The molecule has 3 heteroatoms. The Labute approximate surface area is 60.4 Å². The zero-order chi connectivity index (χ0) is 8.36. The van der Waals surface area contributed by atoms with Crippen LogP contribution < -0.4 is 0 Å². The highest BCUT2D eigenvalue weighted by molar-refractivity contribution is 5.78. The van der Waals surface area contributed by atoms with Crippen molar-refractivity contribution in [1.82, 2.24) is 0 Å². The van der Waals surface area contributed by atoms with Crippen LogP contribution in [-0.4, -0.2) is 17.7 Å². The van der Waals surface area contributed by atoms with Gasteiger partial charge in [-0.3, -0.25) is 0 Å². The van der Waals surface area contributed by atoms with Gasteiger partial charge in [0.2, 0.25) is 5.67 Å². The summed E-state index contributed by atoms with van der Waals surface area (Å²) in [6, 6.07) is 0. The monoisotopic (exact) mass is 148 g/mol. The lowest BCUT2D eigenvalue weighted by atomic mass is 10.2. The fourth-order valence-corrected chi connectivity index (χ4v) is 0.354. The molecule has 0 rings (SSSR count). The van der Waals surface area contributed by atoms with E-state index in [-0.39, 0.29) is 6.10 Å². The highest BCUT2D eigenvalue weighted by Crippen LogP contribution is 2.11. The van der Waals surface area contributed by atoms with Crippen LogP contribution in [0, 0.1) is 0 Å². The first-order valence-electron chi connectivity index (χ1n) is 3.24. The fraction of sp³-hybridized carbons (Fsp3) is 0.857. The molecule has 2 nitrogen and oxygen atoms in total. The first kappa shape index (κ1) is 9.40. The van der Waals surface area contributed by atoms with Crippen molar-refractivity contribution in [2.24, 2.45) is 0 Å². The summed E-state index contributed by atoms with van der Waals surface area (Å²) < 4.78 is 17.3. The van der Waals surface area contributed by atoms with Crippen molar-refractivity contribution in [3.05, 3.63) is 0 Å². The Bertz CT molecular complexity index is 124. The van der Waals surface area contributed by atoms with Crippen LogP contribution >= 0.6 is 0 Å². The maximum atomic E-state index is 12.7. The summed E-state index contributed by atoms with van der Waals surface area (Å²) in [7, 11) is 0. The Morgan fingerprint density at radius 1 is 1.50 bits per heavy atom. The summed E-state index contributed by atoms with van der Waals surface area (Å²) in [5.74, 6) is -0.803. The minimum atomic E-state index is -1.87. The Balaban J connectivity index is 3.87. The van der Waals surface area contributed by atoms with E-state index >= 15 is 0 Å². The number of hydrogen-bond donors (Lipinski definition) is 0. The highest BCUT2D eigenvalue weighted by atomic mass is 19.1. The Kier molecular flexibility index (Phi) is 2.81. The molecule has 0 aliphatic carbocycles. The third-order valence-corrected chi connectivity index (χ3v) is 0.828. The van der Waals surface area contributed by atoms with Gasteiger partial charge >= 0.3 is 5.97 Å². The van der Waals surface area contributed by atoms with Crippen LogP contribution in [0.4, 0.5) is 4.39 Å². The van der Waals surface area contributed by atoms with Gasteiger partial charge in [0.1, 0.15) is 0 Å². The molecule has 0 heterocycles. The summed E-state index contributed by atoms with van der Waals surface area (Å²) in [6.45, 7) is 5.72. The van der Waals surface area contributed by atoms with Crippen molar-refractivity contribution < 1.29 is 13.9 Å². The van der Waals surface area contributed by atoms with Crippen molar-refractivity contribution in [3.8, 4) is 0 Å². The zero-order valence-corrected chi connectivity index (χ0v) is 6.77. The molecule has 0 N–H and O–H groups in total. The Morgan fingerprint density at radius 2 is 1.90 bits per heavy atom. The number of esters is 1. The van der Waals surface area contributed by atoms with Gasteiger partial charge in [-0.15, -0.1) is 0 Å². The number of carbonyl (C=O) groups excluding carboxylic acids is 1. The molecule has 0 aliphatic heterocycles. The predicted molar refractivity (Wildman–Crippen MR) is 36.4 cm³/mol. The second-order valence-electron chi connectivity index (χ2n) is 2.93. The van der Waals surface area contributed by atoms with Crippen molar-refractivity contribution in [1.29, 1.82) is 0 Å². The van der Waals surface area contributed by atoms with Crippen molar-refractivity contribution in [2.75, 3.05) is 0 Å². The molecule has 0 unspecified atom stereocenters.